The molecular formula is C22H23ClN4O8. The molecule has 12 nitrogen and oxygen atoms in total. The number of non-ortho nitro benzene ring substituents is 1. The summed E-state index contributed by atoms with van der Waals surface area (Å²) in [7, 11) is 0. The highest BCUT2D eigenvalue weighted by Crippen LogP contribution is 2.31. The highest BCUT2D eigenvalue weighted by atomic mass is 35.5. The minimum Gasteiger partial charge on any atom is -0.491 e. The summed E-state index contributed by atoms with van der Waals surface area (Å²) < 4.78 is 20.2. The number of aryl methyl sites for hydroxylation is 1. The van der Waals surface area contributed by atoms with Gasteiger partial charge in [-0.2, -0.15) is 0 Å². The minimum absolute atomic E-state index is 0.0225. The zero-order valence-electron chi connectivity index (χ0n) is 18.4. The molecule has 0 saturated carbocycles. The Kier molecular flexibility index (Phi) is 8.95. The molecule has 186 valence electrons. The third-order valence-corrected chi connectivity index (χ3v) is 5.34. The number of hydrogen-bond acceptors (Lipinski definition) is 8. The van der Waals surface area contributed by atoms with E-state index in [1.807, 2.05) is 35.0 Å². The van der Waals surface area contributed by atoms with Crippen LogP contribution in [0.2, 0.25) is 5.02 Å². The molecule has 0 aliphatic carbocycles. The van der Waals surface area contributed by atoms with Crippen molar-refractivity contribution in [3.05, 3.63) is 98.1 Å². The average Bonchev–Trinajstić information content (AvgIpc) is 3.48. The van der Waals surface area contributed by atoms with Crippen molar-refractivity contribution in [2.45, 2.75) is 31.3 Å². The van der Waals surface area contributed by atoms with Crippen LogP contribution in [-0.4, -0.2) is 49.9 Å². The number of nitro groups is 1. The van der Waals surface area contributed by atoms with Gasteiger partial charge < -0.3 is 24.0 Å². The average molecular weight is 507 g/mol. The molecule has 2 atom stereocenters. The van der Waals surface area contributed by atoms with Crippen molar-refractivity contribution in [3.8, 4) is 5.75 Å². The van der Waals surface area contributed by atoms with Gasteiger partial charge in [0.2, 0.25) is 0 Å². The van der Waals surface area contributed by atoms with Gasteiger partial charge in [0.05, 0.1) is 24.4 Å². The van der Waals surface area contributed by atoms with Gasteiger partial charge in [-0.25, -0.2) is 4.98 Å². The van der Waals surface area contributed by atoms with Crippen molar-refractivity contribution in [2.75, 3.05) is 13.2 Å². The van der Waals surface area contributed by atoms with E-state index in [1.165, 1.54) is 12.1 Å². The van der Waals surface area contributed by atoms with E-state index in [1.54, 1.807) is 24.7 Å². The number of imidazole rings is 1. The van der Waals surface area contributed by atoms with Crippen molar-refractivity contribution in [3.63, 3.8) is 0 Å². The van der Waals surface area contributed by atoms with E-state index in [0.717, 1.165) is 12.0 Å². The Morgan fingerprint density at radius 2 is 1.86 bits per heavy atom. The van der Waals surface area contributed by atoms with Crippen LogP contribution in [0.5, 0.6) is 5.75 Å². The highest BCUT2D eigenvalue weighted by Gasteiger charge is 2.42. The highest BCUT2D eigenvalue weighted by molar-refractivity contribution is 6.30. The van der Waals surface area contributed by atoms with Crippen molar-refractivity contribution in [2.24, 2.45) is 0 Å². The molecule has 0 bridgehead atoms. The molecule has 1 aromatic heterocycles. The first-order valence-corrected chi connectivity index (χ1v) is 10.8. The van der Waals surface area contributed by atoms with Crippen LogP contribution < -0.4 is 4.74 Å². The molecule has 1 fully saturated rings. The zero-order valence-corrected chi connectivity index (χ0v) is 19.2. The van der Waals surface area contributed by atoms with Crippen molar-refractivity contribution in [1.82, 2.24) is 9.55 Å². The summed E-state index contributed by atoms with van der Waals surface area (Å²) in [4.78, 5) is 22.8. The van der Waals surface area contributed by atoms with Gasteiger partial charge in [-0.15, -0.1) is 10.1 Å². The fourth-order valence-electron chi connectivity index (χ4n) is 3.49. The van der Waals surface area contributed by atoms with E-state index >= 15 is 0 Å². The lowest BCUT2D eigenvalue weighted by atomic mass is 10.0. The van der Waals surface area contributed by atoms with Gasteiger partial charge in [0.25, 0.3) is 10.8 Å². The Hall–Kier alpha value is -3.74. The lowest BCUT2D eigenvalue weighted by Crippen LogP contribution is -2.37. The fourth-order valence-corrected chi connectivity index (χ4v) is 3.62. The third-order valence-electron chi connectivity index (χ3n) is 5.09. The fraction of sp³-hybridized carbons (Fsp3) is 0.318. The third kappa shape index (κ3) is 8.21. The number of nitro benzene ring substituents is 1. The Morgan fingerprint density at radius 1 is 1.17 bits per heavy atom. The SMILES string of the molecule is O=[N+]([O-])O.O=[N+]([O-])c1ccc(OCC2COC(CCc3ccc(Cl)cc3)(Cn3ccnc3)O2)cc1. The first-order chi connectivity index (χ1) is 16.7. The van der Waals surface area contributed by atoms with Gasteiger partial charge in [-0.3, -0.25) is 10.1 Å². The minimum atomic E-state index is -1.50. The lowest BCUT2D eigenvalue weighted by Gasteiger charge is -2.28. The number of halogens is 1. The smallest absolute Gasteiger partial charge is 0.291 e. The van der Waals surface area contributed by atoms with E-state index in [2.05, 4.69) is 4.98 Å². The summed E-state index contributed by atoms with van der Waals surface area (Å²) in [5.41, 5.74) is 1.17. The molecule has 0 amide bonds. The molecule has 2 aromatic carbocycles. The molecule has 2 heterocycles. The van der Waals surface area contributed by atoms with Gasteiger partial charge in [0, 0.05) is 36.0 Å². The Balaban J connectivity index is 0.000000795. The topological polar surface area (TPSA) is 152 Å². The first kappa shape index (κ1) is 25.9. The second-order valence-electron chi connectivity index (χ2n) is 7.62. The molecule has 2 unspecified atom stereocenters. The van der Waals surface area contributed by atoms with Gasteiger partial charge in [-0.05, 0) is 36.2 Å². The molecule has 13 heteroatoms. The molecule has 1 saturated heterocycles. The van der Waals surface area contributed by atoms with E-state index in [9.17, 15) is 10.1 Å². The number of hydrogen-bond donors (Lipinski definition) is 1. The van der Waals surface area contributed by atoms with Gasteiger partial charge in [0.15, 0.2) is 5.79 Å². The van der Waals surface area contributed by atoms with E-state index in [-0.39, 0.29) is 18.4 Å². The molecule has 1 aliphatic heterocycles. The van der Waals surface area contributed by atoms with Crippen molar-refractivity contribution >= 4 is 17.3 Å². The normalized spacial score (nSPS) is 18.9. The molecule has 1 N–H and O–H groups in total. The Morgan fingerprint density at radius 3 is 2.46 bits per heavy atom. The van der Waals surface area contributed by atoms with Crippen LogP contribution in [0.25, 0.3) is 0 Å². The van der Waals surface area contributed by atoms with Crippen LogP contribution in [0.15, 0.2) is 67.3 Å². The summed E-state index contributed by atoms with van der Waals surface area (Å²) in [6.45, 7) is 1.18. The maximum atomic E-state index is 10.8. The first-order valence-electron chi connectivity index (χ1n) is 10.5. The number of benzene rings is 2. The molecule has 1 aliphatic rings. The number of aromatic nitrogens is 2. The van der Waals surface area contributed by atoms with E-state index in [0.29, 0.717) is 30.3 Å². The van der Waals surface area contributed by atoms with E-state index < -0.39 is 15.8 Å². The van der Waals surface area contributed by atoms with Crippen LogP contribution in [0.1, 0.15) is 12.0 Å². The van der Waals surface area contributed by atoms with E-state index in [4.69, 9.17) is 41.1 Å². The molecule has 4 rings (SSSR count). The number of ether oxygens (including phenoxy) is 3. The summed E-state index contributed by atoms with van der Waals surface area (Å²) >= 11 is 5.98. The summed E-state index contributed by atoms with van der Waals surface area (Å²) in [6, 6.07) is 13.7. The molecule has 35 heavy (non-hydrogen) atoms. The predicted molar refractivity (Wildman–Crippen MR) is 123 cm³/mol. The monoisotopic (exact) mass is 506 g/mol. The summed E-state index contributed by atoms with van der Waals surface area (Å²) in [6.07, 6.45) is 6.48. The zero-order chi connectivity index (χ0) is 25.3. The molecule has 3 aromatic rings. The second-order valence-corrected chi connectivity index (χ2v) is 8.06. The lowest BCUT2D eigenvalue weighted by molar-refractivity contribution is -0.742. The van der Waals surface area contributed by atoms with Crippen LogP contribution in [0.3, 0.4) is 0 Å². The molecule has 0 spiro atoms. The quantitative estimate of drug-likeness (QED) is 0.336. The standard InChI is InChI=1S/C22H22ClN3O5.HNO3/c23-18-3-1-17(2-4-18)9-10-22(15-25-12-11-24-16-25)30-14-21(31-22)13-29-20-7-5-19(6-8-20)26(27)28;2-1(3)4/h1-8,11-12,16,21H,9-10,13-15H2;(H,2,3,4). The second kappa shape index (κ2) is 12.1. The maximum absolute atomic E-state index is 10.8. The Labute approximate surface area is 204 Å². The predicted octanol–water partition coefficient (Wildman–Crippen LogP) is 3.92. The van der Waals surface area contributed by atoms with Crippen LogP contribution >= 0.6 is 11.6 Å². The summed E-state index contributed by atoms with van der Waals surface area (Å²) in [5.74, 6) is -0.258. The number of nitrogens with zero attached hydrogens (tertiary/aromatic N) is 4. The van der Waals surface area contributed by atoms with Crippen LogP contribution in [0, 0.1) is 20.2 Å². The largest absolute Gasteiger partial charge is 0.491 e. The summed E-state index contributed by atoms with van der Waals surface area (Å²) in [5, 5.41) is 25.1. The van der Waals surface area contributed by atoms with Crippen LogP contribution in [-0.2, 0) is 22.4 Å². The van der Waals surface area contributed by atoms with Crippen molar-refractivity contribution < 1.29 is 29.4 Å². The Bertz CT molecular complexity index is 1090. The van der Waals surface area contributed by atoms with Gasteiger partial charge in [-0.1, -0.05) is 23.7 Å². The molecule has 0 radical (unpaired) electrons. The van der Waals surface area contributed by atoms with Crippen molar-refractivity contribution in [1.29, 1.82) is 0 Å². The number of rotatable bonds is 9. The van der Waals surface area contributed by atoms with Crippen LogP contribution in [0.4, 0.5) is 5.69 Å². The maximum Gasteiger partial charge on any atom is 0.291 e. The van der Waals surface area contributed by atoms with Gasteiger partial charge >= 0.3 is 0 Å². The molecular weight excluding hydrogens is 484 g/mol. The van der Waals surface area contributed by atoms with Gasteiger partial charge in [0.1, 0.15) is 18.5 Å².